The predicted octanol–water partition coefficient (Wildman–Crippen LogP) is 1.49. The zero-order chi connectivity index (χ0) is 25.9. The molecule has 3 aromatic rings. The third-order valence-electron chi connectivity index (χ3n) is 4.88. The van der Waals surface area contributed by atoms with Crippen molar-refractivity contribution in [1.82, 2.24) is 14.1 Å². The second kappa shape index (κ2) is 10.9. The van der Waals surface area contributed by atoms with Gasteiger partial charge >= 0.3 is 11.9 Å². The fourth-order valence-corrected chi connectivity index (χ4v) is 3.59. The molecule has 14 heteroatoms. The van der Waals surface area contributed by atoms with Crippen LogP contribution in [0.5, 0.6) is 0 Å². The van der Waals surface area contributed by atoms with Crippen molar-refractivity contribution in [1.29, 1.82) is 0 Å². The molecule has 35 heavy (non-hydrogen) atoms. The summed E-state index contributed by atoms with van der Waals surface area (Å²) >= 11 is 1.88. The summed E-state index contributed by atoms with van der Waals surface area (Å²) in [7, 11) is 1.21. The Hall–Kier alpha value is -3.40. The van der Waals surface area contributed by atoms with Gasteiger partial charge in [0.2, 0.25) is 5.82 Å². The number of aliphatic hydroxyl groups excluding tert-OH is 1. The molecule has 1 aromatic carbocycles. The molecule has 0 radical (unpaired) electrons. The maximum absolute atomic E-state index is 15.0. The van der Waals surface area contributed by atoms with E-state index in [9.17, 15) is 33.1 Å². The Labute approximate surface area is 209 Å². The summed E-state index contributed by atoms with van der Waals surface area (Å²) in [5, 5.41) is 20.8. The summed E-state index contributed by atoms with van der Waals surface area (Å²) in [5.74, 6) is -4.11. The van der Waals surface area contributed by atoms with E-state index in [4.69, 9.17) is 9.84 Å². The van der Waals surface area contributed by atoms with Crippen LogP contribution in [0.3, 0.4) is 0 Å². The van der Waals surface area contributed by atoms with Gasteiger partial charge in [-0.25, -0.2) is 9.37 Å². The maximum Gasteiger partial charge on any atom is 0.306 e. The number of ether oxygens (including phenoxy) is 1. The van der Waals surface area contributed by atoms with Crippen LogP contribution >= 0.6 is 22.6 Å². The van der Waals surface area contributed by atoms with Gasteiger partial charge in [-0.05, 0) is 40.8 Å². The number of nitrogens with one attached hydrogen (secondary N) is 1. The first-order valence-corrected chi connectivity index (χ1v) is 11.1. The lowest BCUT2D eigenvalue weighted by Crippen LogP contribution is -2.33. The summed E-state index contributed by atoms with van der Waals surface area (Å²) in [6, 6.07) is 4.03. The van der Waals surface area contributed by atoms with Crippen LogP contribution < -0.4 is 16.4 Å². The van der Waals surface area contributed by atoms with Crippen LogP contribution in [0.25, 0.3) is 11.0 Å². The number of carbonyl (C=O) groups excluding carboxylic acids is 1. The Balaban J connectivity index is 1.95. The summed E-state index contributed by atoms with van der Waals surface area (Å²) in [6.07, 6.45) is -1.20. The summed E-state index contributed by atoms with van der Waals surface area (Å²) < 4.78 is 36.4. The average molecular weight is 604 g/mol. The molecule has 0 saturated heterocycles. The molecule has 0 fully saturated rings. The number of hydrogen-bond acceptors (Lipinski definition) is 8. The molecule has 0 bridgehead atoms. The van der Waals surface area contributed by atoms with Crippen LogP contribution in [0.2, 0.25) is 0 Å². The Morgan fingerprint density at radius 3 is 2.60 bits per heavy atom. The molecule has 0 aliphatic heterocycles. The Bertz CT molecular complexity index is 1420. The largest absolute Gasteiger partial charge is 0.481 e. The van der Waals surface area contributed by atoms with E-state index in [0.29, 0.717) is 3.57 Å². The predicted molar refractivity (Wildman–Crippen MR) is 127 cm³/mol. The van der Waals surface area contributed by atoms with Gasteiger partial charge < -0.3 is 20.3 Å². The highest BCUT2D eigenvalue weighted by atomic mass is 127. The number of halogens is 3. The molecule has 2 aromatic heterocycles. The molecule has 0 saturated carbocycles. The lowest BCUT2D eigenvalue weighted by atomic mass is 10.2. The van der Waals surface area contributed by atoms with E-state index >= 15 is 0 Å². The number of benzene rings is 1. The molecule has 0 aliphatic rings. The van der Waals surface area contributed by atoms with E-state index < -0.39 is 72.5 Å². The number of carbonyl (C=O) groups is 2. The van der Waals surface area contributed by atoms with E-state index in [2.05, 4.69) is 10.3 Å². The topological polar surface area (TPSA) is 153 Å². The first kappa shape index (κ1) is 26.2. The number of aliphatic hydroxyl groups is 1. The Kier molecular flexibility index (Phi) is 8.16. The standard InChI is InChI=1S/C21H19F2IN4O7/c1-27-19-16(18(17(23)21(27)34)26-13-3-2-10(24)6-12(13)22)20(33)28(9-25-19)7-11(29)8-35-15(32)5-4-14(30)31/h2-3,6,9,11,26,29H,4-5,7-8H2,1H3,(H,30,31). The number of pyridine rings is 1. The molecular formula is C21H19F2IN4O7. The summed E-state index contributed by atoms with van der Waals surface area (Å²) in [6.45, 7) is -0.959. The zero-order valence-corrected chi connectivity index (χ0v) is 20.3. The van der Waals surface area contributed by atoms with Gasteiger partial charge in [0.15, 0.2) is 5.65 Å². The van der Waals surface area contributed by atoms with Gasteiger partial charge in [-0.1, -0.05) is 0 Å². The van der Waals surface area contributed by atoms with Crippen molar-refractivity contribution in [2.24, 2.45) is 7.05 Å². The highest BCUT2D eigenvalue weighted by Gasteiger charge is 2.22. The number of anilines is 2. The number of rotatable bonds is 9. The van der Waals surface area contributed by atoms with Crippen molar-refractivity contribution >= 4 is 56.9 Å². The van der Waals surface area contributed by atoms with Gasteiger partial charge in [-0.3, -0.25) is 28.3 Å². The first-order chi connectivity index (χ1) is 16.5. The molecule has 1 unspecified atom stereocenters. The lowest BCUT2D eigenvalue weighted by Gasteiger charge is -2.16. The molecule has 3 rings (SSSR count). The molecule has 11 nitrogen and oxygen atoms in total. The summed E-state index contributed by atoms with van der Waals surface area (Å²) in [4.78, 5) is 51.5. The van der Waals surface area contributed by atoms with Crippen molar-refractivity contribution in [3.8, 4) is 0 Å². The highest BCUT2D eigenvalue weighted by molar-refractivity contribution is 14.1. The second-order valence-corrected chi connectivity index (χ2v) is 8.68. The number of aliphatic carboxylic acids is 1. The van der Waals surface area contributed by atoms with Crippen LogP contribution in [0.4, 0.5) is 20.2 Å². The molecular weight excluding hydrogens is 585 g/mol. The van der Waals surface area contributed by atoms with Gasteiger partial charge in [0.1, 0.15) is 30.2 Å². The van der Waals surface area contributed by atoms with E-state index in [0.717, 1.165) is 15.5 Å². The van der Waals surface area contributed by atoms with Crippen molar-refractivity contribution in [3.05, 3.63) is 60.4 Å². The number of fused-ring (bicyclic) bond motifs is 1. The van der Waals surface area contributed by atoms with Gasteiger partial charge in [-0.15, -0.1) is 0 Å². The SMILES string of the molecule is Cn1c(=O)c(F)c(Nc2ccc(I)cc2F)c2c(=O)n(CC(O)COC(=O)CCC(=O)O)cnc21. The number of aryl methyl sites for hydroxylation is 1. The second-order valence-electron chi connectivity index (χ2n) is 7.43. The molecule has 2 heterocycles. The maximum atomic E-state index is 15.0. The zero-order valence-electron chi connectivity index (χ0n) is 18.1. The van der Waals surface area contributed by atoms with E-state index in [1.807, 2.05) is 22.6 Å². The van der Waals surface area contributed by atoms with Crippen LogP contribution in [0.1, 0.15) is 12.8 Å². The number of carboxylic acid groups (broad SMARTS) is 1. The average Bonchev–Trinajstić information content (AvgIpc) is 2.80. The van der Waals surface area contributed by atoms with Crippen molar-refractivity contribution < 1.29 is 33.3 Å². The number of esters is 1. The quantitative estimate of drug-likeness (QED) is 0.244. The normalized spacial score (nSPS) is 11.9. The van der Waals surface area contributed by atoms with E-state index in [-0.39, 0.29) is 16.7 Å². The number of aromatic nitrogens is 3. The van der Waals surface area contributed by atoms with Crippen molar-refractivity contribution in [2.75, 3.05) is 11.9 Å². The first-order valence-electron chi connectivity index (χ1n) is 10.0. The highest BCUT2D eigenvalue weighted by Crippen LogP contribution is 2.26. The fourth-order valence-electron chi connectivity index (χ4n) is 3.14. The van der Waals surface area contributed by atoms with Gasteiger partial charge in [0.05, 0.1) is 30.8 Å². The van der Waals surface area contributed by atoms with Crippen molar-refractivity contribution in [3.63, 3.8) is 0 Å². The molecule has 0 spiro atoms. The lowest BCUT2D eigenvalue weighted by molar-refractivity contribution is -0.150. The van der Waals surface area contributed by atoms with Crippen LogP contribution in [-0.2, 0) is 27.9 Å². The molecule has 3 N–H and O–H groups in total. The van der Waals surface area contributed by atoms with Crippen LogP contribution in [0.15, 0.2) is 34.1 Å². The third-order valence-corrected chi connectivity index (χ3v) is 5.55. The van der Waals surface area contributed by atoms with Gasteiger partial charge in [-0.2, -0.15) is 4.39 Å². The number of hydrogen-bond donors (Lipinski definition) is 3. The Morgan fingerprint density at radius 2 is 1.94 bits per heavy atom. The molecule has 1 atom stereocenters. The third kappa shape index (κ3) is 6.00. The molecule has 0 aliphatic carbocycles. The van der Waals surface area contributed by atoms with Gasteiger partial charge in [0, 0.05) is 10.6 Å². The minimum absolute atomic E-state index is 0.179. The van der Waals surface area contributed by atoms with Crippen LogP contribution in [-0.4, -0.2) is 49.0 Å². The van der Waals surface area contributed by atoms with E-state index in [1.54, 1.807) is 0 Å². The van der Waals surface area contributed by atoms with Crippen molar-refractivity contribution in [2.45, 2.75) is 25.5 Å². The molecule has 0 amide bonds. The summed E-state index contributed by atoms with van der Waals surface area (Å²) in [5.41, 5.74) is -2.88. The fraction of sp³-hybridized carbons (Fsp3) is 0.286. The number of nitrogens with zero attached hydrogens (tertiary/aromatic N) is 3. The van der Waals surface area contributed by atoms with E-state index in [1.165, 1.54) is 25.2 Å². The minimum Gasteiger partial charge on any atom is -0.481 e. The number of carboxylic acids is 1. The minimum atomic E-state index is -1.39. The molecule has 186 valence electrons. The van der Waals surface area contributed by atoms with Gasteiger partial charge in [0.25, 0.3) is 11.1 Å². The smallest absolute Gasteiger partial charge is 0.306 e. The monoisotopic (exact) mass is 604 g/mol. The Morgan fingerprint density at radius 1 is 1.23 bits per heavy atom. The van der Waals surface area contributed by atoms with Crippen LogP contribution in [0, 0.1) is 15.2 Å².